The molecule has 0 radical (unpaired) electrons. The minimum absolute atomic E-state index is 0.103. The first-order chi connectivity index (χ1) is 13.7. The minimum atomic E-state index is -4.33. The Morgan fingerprint density at radius 3 is 2.17 bits per heavy atom. The number of hydrogen-bond donors (Lipinski definition) is 1. The fraction of sp³-hybridized carbons (Fsp3) is 0.0500. The molecule has 29 heavy (non-hydrogen) atoms. The zero-order valence-electron chi connectivity index (χ0n) is 15.3. The van der Waals surface area contributed by atoms with Crippen LogP contribution in [0.3, 0.4) is 0 Å². The quantitative estimate of drug-likeness (QED) is 0.550. The fourth-order valence-electron chi connectivity index (χ4n) is 2.51. The third-order valence-corrected chi connectivity index (χ3v) is 8.80. The van der Waals surface area contributed by atoms with Gasteiger partial charge in [-0.15, -0.1) is 0 Å². The molecule has 0 amide bonds. The number of aryl methyl sites for hydroxylation is 1. The van der Waals surface area contributed by atoms with Crippen LogP contribution in [0, 0.1) is 6.92 Å². The first-order valence-electron chi connectivity index (χ1n) is 8.41. The number of nitrogens with zero attached hydrogens (tertiary/aromatic N) is 1. The molecule has 6 nitrogen and oxygen atoms in total. The number of sulfone groups is 2. The lowest BCUT2D eigenvalue weighted by atomic mass is 10.2. The summed E-state index contributed by atoms with van der Waals surface area (Å²) in [5.41, 5.74) is 0.699. The summed E-state index contributed by atoms with van der Waals surface area (Å²) in [6.45, 7) is 1.73. The summed E-state index contributed by atoms with van der Waals surface area (Å²) in [7, 11) is -8.66. The average molecular weight is 493 g/mol. The maximum Gasteiger partial charge on any atom is 0.219 e. The fourth-order valence-corrected chi connectivity index (χ4v) is 6.48. The van der Waals surface area contributed by atoms with Crippen molar-refractivity contribution in [1.82, 2.24) is 4.98 Å². The van der Waals surface area contributed by atoms with E-state index in [2.05, 4.69) is 26.2 Å². The van der Waals surface area contributed by atoms with Gasteiger partial charge in [0.25, 0.3) is 0 Å². The summed E-state index contributed by atoms with van der Waals surface area (Å²) in [4.78, 5) is 3.86. The monoisotopic (exact) mass is 492 g/mol. The summed E-state index contributed by atoms with van der Waals surface area (Å²) in [5, 5.41) is 2.69. The van der Waals surface area contributed by atoms with Crippen LogP contribution in [0.2, 0.25) is 0 Å². The summed E-state index contributed by atoms with van der Waals surface area (Å²) < 4.78 is 52.9. The van der Waals surface area contributed by atoms with Crippen LogP contribution in [0.4, 0.5) is 5.82 Å². The van der Waals surface area contributed by atoms with Gasteiger partial charge >= 0.3 is 0 Å². The predicted molar refractivity (Wildman–Crippen MR) is 116 cm³/mol. The minimum Gasteiger partial charge on any atom is -0.345 e. The van der Waals surface area contributed by atoms with Crippen LogP contribution in [0.1, 0.15) is 5.56 Å². The molecular weight excluding hydrogens is 476 g/mol. The number of aromatic nitrogens is 1. The van der Waals surface area contributed by atoms with Crippen LogP contribution in [0.25, 0.3) is 0 Å². The molecule has 1 heterocycles. The second-order valence-corrected chi connectivity index (χ2v) is 11.1. The average Bonchev–Trinajstić information content (AvgIpc) is 2.70. The Balaban J connectivity index is 2.16. The van der Waals surface area contributed by atoms with Crippen LogP contribution >= 0.6 is 15.9 Å². The SMILES string of the molecule is Cc1cccc(S(=O)(=O)C(=CNc2ccc(Br)cn2)S(=O)(=O)c2ccccc2)c1. The predicted octanol–water partition coefficient (Wildman–Crippen LogP) is 4.31. The zero-order chi connectivity index (χ0) is 21.1. The van der Waals surface area contributed by atoms with E-state index in [1.807, 2.05) is 0 Å². The molecule has 9 heteroatoms. The van der Waals surface area contributed by atoms with Gasteiger partial charge in [0.05, 0.1) is 9.79 Å². The number of nitrogens with one attached hydrogen (secondary N) is 1. The molecule has 3 rings (SSSR count). The van der Waals surface area contributed by atoms with Gasteiger partial charge in [-0.2, -0.15) is 0 Å². The molecule has 0 saturated carbocycles. The molecule has 0 aliphatic heterocycles. The third-order valence-electron chi connectivity index (χ3n) is 3.95. The van der Waals surface area contributed by atoms with Gasteiger partial charge in [-0.1, -0.05) is 30.3 Å². The molecule has 0 bridgehead atoms. The van der Waals surface area contributed by atoms with Gasteiger partial charge < -0.3 is 5.32 Å². The number of benzene rings is 2. The van der Waals surface area contributed by atoms with E-state index < -0.39 is 23.9 Å². The molecular formula is C20H17BrN2O4S2. The summed E-state index contributed by atoms with van der Waals surface area (Å²) >= 11 is 3.26. The van der Waals surface area contributed by atoms with Gasteiger partial charge in [0.15, 0.2) is 4.24 Å². The Morgan fingerprint density at radius 2 is 1.55 bits per heavy atom. The van der Waals surface area contributed by atoms with Crippen molar-refractivity contribution >= 4 is 41.4 Å². The van der Waals surface area contributed by atoms with Crippen molar-refractivity contribution in [3.63, 3.8) is 0 Å². The largest absolute Gasteiger partial charge is 0.345 e. The van der Waals surface area contributed by atoms with Crippen molar-refractivity contribution in [2.24, 2.45) is 0 Å². The Kier molecular flexibility index (Phi) is 6.21. The first kappa shape index (κ1) is 21.2. The van der Waals surface area contributed by atoms with E-state index in [0.717, 1.165) is 10.7 Å². The number of halogens is 1. The molecule has 0 aliphatic rings. The summed E-state index contributed by atoms with van der Waals surface area (Å²) in [6.07, 6.45) is 2.48. The Hall–Kier alpha value is -2.49. The molecule has 0 spiro atoms. The summed E-state index contributed by atoms with van der Waals surface area (Å²) in [6, 6.07) is 16.8. The maximum absolute atomic E-state index is 13.3. The highest BCUT2D eigenvalue weighted by Crippen LogP contribution is 2.29. The van der Waals surface area contributed by atoms with Crippen LogP contribution in [-0.2, 0) is 19.7 Å². The second-order valence-electron chi connectivity index (χ2n) is 6.11. The standard InChI is InChI=1S/C20H17BrN2O4S2/c1-15-6-5-9-18(12-15)29(26,27)20(14-23-19-11-10-16(21)13-22-19)28(24,25)17-7-3-2-4-8-17/h2-14H,1H3,(H,22,23). The lowest BCUT2D eigenvalue weighted by Gasteiger charge is -2.12. The van der Waals surface area contributed by atoms with Gasteiger partial charge in [-0.05, 0) is 64.8 Å². The topological polar surface area (TPSA) is 93.2 Å². The van der Waals surface area contributed by atoms with Crippen LogP contribution in [0.15, 0.2) is 97.6 Å². The summed E-state index contributed by atoms with van der Waals surface area (Å²) in [5.74, 6) is 0.299. The third kappa shape index (κ3) is 4.75. The van der Waals surface area contributed by atoms with Gasteiger partial charge in [-0.25, -0.2) is 21.8 Å². The Morgan fingerprint density at radius 1 is 0.897 bits per heavy atom. The van der Waals surface area contributed by atoms with E-state index in [-0.39, 0.29) is 9.79 Å². The molecule has 0 atom stereocenters. The number of hydrogen-bond acceptors (Lipinski definition) is 6. The van der Waals surface area contributed by atoms with E-state index in [9.17, 15) is 16.8 Å². The van der Waals surface area contributed by atoms with Crippen molar-refractivity contribution in [2.45, 2.75) is 16.7 Å². The Labute approximate surface area is 178 Å². The molecule has 0 unspecified atom stereocenters. The van der Waals surface area contributed by atoms with Gasteiger partial charge in [0, 0.05) is 16.9 Å². The molecule has 2 aromatic carbocycles. The van der Waals surface area contributed by atoms with Crippen molar-refractivity contribution in [3.05, 3.63) is 93.4 Å². The van der Waals surface area contributed by atoms with E-state index >= 15 is 0 Å². The van der Waals surface area contributed by atoms with Gasteiger partial charge in [0.2, 0.25) is 19.7 Å². The van der Waals surface area contributed by atoms with Gasteiger partial charge in [-0.3, -0.25) is 0 Å². The van der Waals surface area contributed by atoms with Crippen molar-refractivity contribution < 1.29 is 16.8 Å². The van der Waals surface area contributed by atoms with E-state index in [0.29, 0.717) is 11.4 Å². The van der Waals surface area contributed by atoms with Crippen molar-refractivity contribution in [3.8, 4) is 0 Å². The van der Waals surface area contributed by atoms with Crippen molar-refractivity contribution in [2.75, 3.05) is 5.32 Å². The highest BCUT2D eigenvalue weighted by molar-refractivity contribution is 9.10. The van der Waals surface area contributed by atoms with Crippen LogP contribution in [0.5, 0.6) is 0 Å². The molecule has 0 saturated heterocycles. The molecule has 3 aromatic rings. The maximum atomic E-state index is 13.3. The van der Waals surface area contributed by atoms with E-state index in [4.69, 9.17) is 0 Å². The lowest BCUT2D eigenvalue weighted by Crippen LogP contribution is -2.17. The van der Waals surface area contributed by atoms with Crippen molar-refractivity contribution in [1.29, 1.82) is 0 Å². The first-order valence-corrected chi connectivity index (χ1v) is 12.2. The molecule has 0 fully saturated rings. The number of anilines is 1. The van der Waals surface area contributed by atoms with Crippen LogP contribution < -0.4 is 5.32 Å². The van der Waals surface area contributed by atoms with Gasteiger partial charge in [0.1, 0.15) is 5.82 Å². The second kappa shape index (κ2) is 8.48. The molecule has 1 N–H and O–H groups in total. The lowest BCUT2D eigenvalue weighted by molar-refractivity contribution is 0.595. The normalized spacial score (nSPS) is 12.6. The Bertz CT molecular complexity index is 1260. The highest BCUT2D eigenvalue weighted by atomic mass is 79.9. The highest BCUT2D eigenvalue weighted by Gasteiger charge is 2.33. The van der Waals surface area contributed by atoms with E-state index in [1.165, 1.54) is 42.6 Å². The molecule has 150 valence electrons. The van der Waals surface area contributed by atoms with Crippen LogP contribution in [-0.4, -0.2) is 21.8 Å². The zero-order valence-corrected chi connectivity index (χ0v) is 18.5. The molecule has 0 aliphatic carbocycles. The molecule has 1 aromatic heterocycles. The number of rotatable bonds is 6. The smallest absolute Gasteiger partial charge is 0.219 e. The van der Waals surface area contributed by atoms with E-state index in [1.54, 1.807) is 37.3 Å². The number of pyridine rings is 1.